The molecule has 0 saturated carbocycles. The highest BCUT2D eigenvalue weighted by Gasteiger charge is 2.16. The molecule has 0 aliphatic carbocycles. The van der Waals surface area contributed by atoms with Crippen molar-refractivity contribution in [2.45, 2.75) is 0 Å². The van der Waals surface area contributed by atoms with Crippen molar-refractivity contribution in [3.8, 4) is 17.1 Å². The molecule has 5 aromatic carbocycles. The first kappa shape index (κ1) is 18.0. The lowest BCUT2D eigenvalue weighted by atomic mass is 10.0. The molecule has 4 heteroatoms. The third kappa shape index (κ3) is 2.74. The summed E-state index contributed by atoms with van der Waals surface area (Å²) in [6, 6.07) is 34.7. The van der Waals surface area contributed by atoms with Crippen LogP contribution in [0.5, 0.6) is 0 Å². The summed E-state index contributed by atoms with van der Waals surface area (Å²) in [4.78, 5) is 12.5. The average Bonchev–Trinajstić information content (AvgIpc) is 3.21. The van der Waals surface area contributed by atoms with E-state index in [1.165, 1.54) is 56.0 Å². The molecule has 0 N–H and O–H groups in total. The zero-order chi connectivity index (χ0) is 21.8. The number of fused-ring (bicyclic) bond motifs is 6. The molecule has 0 spiro atoms. The number of hydrogen-bond donors (Lipinski definition) is 0. The highest BCUT2D eigenvalue weighted by molar-refractivity contribution is 6.23. The van der Waals surface area contributed by atoms with E-state index < -0.39 is 0 Å². The summed E-state index contributed by atoms with van der Waals surface area (Å²) in [7, 11) is 0. The van der Waals surface area contributed by atoms with Gasteiger partial charge in [0.05, 0.1) is 11.0 Å². The van der Waals surface area contributed by atoms with Gasteiger partial charge in [0, 0.05) is 22.0 Å². The van der Waals surface area contributed by atoms with Crippen LogP contribution < -0.4 is 0 Å². The van der Waals surface area contributed by atoms with Gasteiger partial charge in [-0.25, -0.2) is 15.0 Å². The van der Waals surface area contributed by atoms with Crippen LogP contribution in [0.4, 0.5) is 0 Å². The quantitative estimate of drug-likeness (QED) is 0.303. The Labute approximate surface area is 189 Å². The first-order valence-electron chi connectivity index (χ1n) is 10.9. The van der Waals surface area contributed by atoms with Crippen LogP contribution in [0.3, 0.4) is 0 Å². The van der Waals surface area contributed by atoms with Crippen LogP contribution in [0.2, 0.25) is 0 Å². The predicted molar refractivity (Wildman–Crippen MR) is 135 cm³/mol. The molecule has 0 atom stereocenters. The van der Waals surface area contributed by atoms with Gasteiger partial charge in [0.1, 0.15) is 12.7 Å². The molecule has 0 radical (unpaired) electrons. The molecule has 0 aliphatic heterocycles. The van der Waals surface area contributed by atoms with Gasteiger partial charge < -0.3 is 4.57 Å². The molecule has 0 bridgehead atoms. The topological polar surface area (TPSA) is 43.6 Å². The first-order chi connectivity index (χ1) is 16.4. The normalized spacial score (nSPS) is 11.6. The molecule has 0 amide bonds. The summed E-state index contributed by atoms with van der Waals surface area (Å²) in [5, 5.41) is 7.57. The zero-order valence-electron chi connectivity index (χ0n) is 17.7. The molecule has 0 aliphatic rings. The fourth-order valence-electron chi connectivity index (χ4n) is 4.90. The van der Waals surface area contributed by atoms with Gasteiger partial charge in [-0.05, 0) is 64.0 Å². The molecule has 7 rings (SSSR count). The largest absolute Gasteiger partial charge is 0.309 e. The van der Waals surface area contributed by atoms with Crippen molar-refractivity contribution in [1.82, 2.24) is 19.5 Å². The highest BCUT2D eigenvalue weighted by atomic mass is 15.0. The van der Waals surface area contributed by atoms with Crippen molar-refractivity contribution >= 4 is 43.4 Å². The smallest absolute Gasteiger partial charge is 0.162 e. The van der Waals surface area contributed by atoms with Gasteiger partial charge in [-0.3, -0.25) is 0 Å². The maximum atomic E-state index is 4.28. The number of aromatic nitrogens is 4. The summed E-state index contributed by atoms with van der Waals surface area (Å²) < 4.78 is 2.36. The minimum atomic E-state index is 0.677. The van der Waals surface area contributed by atoms with Gasteiger partial charge in [0.25, 0.3) is 0 Å². The van der Waals surface area contributed by atoms with Crippen molar-refractivity contribution in [3.63, 3.8) is 0 Å². The predicted octanol–water partition coefficient (Wildman–Crippen LogP) is 6.94. The Morgan fingerprint density at radius 3 is 2.03 bits per heavy atom. The second-order valence-electron chi connectivity index (χ2n) is 8.24. The van der Waals surface area contributed by atoms with Crippen LogP contribution in [0.25, 0.3) is 60.4 Å². The fraction of sp³-hybridized carbons (Fsp3) is 0. The van der Waals surface area contributed by atoms with Crippen molar-refractivity contribution in [2.75, 3.05) is 0 Å². The highest BCUT2D eigenvalue weighted by Crippen LogP contribution is 2.38. The molecule has 154 valence electrons. The second kappa shape index (κ2) is 6.97. The Bertz CT molecular complexity index is 1800. The average molecular weight is 422 g/mol. The number of nitrogens with zero attached hydrogens (tertiary/aromatic N) is 4. The Morgan fingerprint density at radius 2 is 1.24 bits per heavy atom. The van der Waals surface area contributed by atoms with Gasteiger partial charge in [-0.15, -0.1) is 0 Å². The molecule has 2 aromatic heterocycles. The Morgan fingerprint density at radius 1 is 0.545 bits per heavy atom. The van der Waals surface area contributed by atoms with E-state index in [2.05, 4.69) is 117 Å². The summed E-state index contributed by atoms with van der Waals surface area (Å²) in [5.41, 5.74) is 4.48. The molecule has 7 aromatic rings. The van der Waals surface area contributed by atoms with E-state index in [1.54, 1.807) is 0 Å². The van der Waals surface area contributed by atoms with Crippen LogP contribution in [0.15, 0.2) is 110 Å². The Kier molecular flexibility index (Phi) is 3.81. The van der Waals surface area contributed by atoms with Gasteiger partial charge in [0.15, 0.2) is 5.82 Å². The van der Waals surface area contributed by atoms with Crippen LogP contribution in [-0.4, -0.2) is 19.5 Å². The van der Waals surface area contributed by atoms with Crippen LogP contribution >= 0.6 is 0 Å². The molecule has 2 heterocycles. The maximum Gasteiger partial charge on any atom is 0.162 e. The molecular weight excluding hydrogens is 404 g/mol. The Hall–Kier alpha value is -4.57. The van der Waals surface area contributed by atoms with Crippen molar-refractivity contribution < 1.29 is 0 Å². The third-order valence-electron chi connectivity index (χ3n) is 6.40. The van der Waals surface area contributed by atoms with Crippen LogP contribution in [-0.2, 0) is 0 Å². The second-order valence-corrected chi connectivity index (χ2v) is 8.24. The summed E-state index contributed by atoms with van der Waals surface area (Å²) in [5.74, 6) is 0.677. The molecule has 0 saturated heterocycles. The fourth-order valence-corrected chi connectivity index (χ4v) is 4.90. The monoisotopic (exact) mass is 422 g/mol. The standard InChI is InChI=1S/C29H18N4/c1-2-7-22-16-27-25(15-21(22)6-1)28-24-8-4-3-5-19(24)11-14-26(28)33(27)23-12-9-20(10-13-23)29-31-17-30-18-32-29/h1-18H. The summed E-state index contributed by atoms with van der Waals surface area (Å²) in [6.07, 6.45) is 3.05. The van der Waals surface area contributed by atoms with Crippen LogP contribution in [0, 0.1) is 0 Å². The molecule has 33 heavy (non-hydrogen) atoms. The van der Waals surface area contributed by atoms with Gasteiger partial charge >= 0.3 is 0 Å². The van der Waals surface area contributed by atoms with E-state index in [-0.39, 0.29) is 0 Å². The molecular formula is C29H18N4. The van der Waals surface area contributed by atoms with Gasteiger partial charge in [-0.1, -0.05) is 54.6 Å². The van der Waals surface area contributed by atoms with E-state index in [0.717, 1.165) is 11.3 Å². The number of benzene rings is 5. The van der Waals surface area contributed by atoms with Crippen molar-refractivity contribution in [2.24, 2.45) is 0 Å². The zero-order valence-corrected chi connectivity index (χ0v) is 17.7. The van der Waals surface area contributed by atoms with E-state index in [4.69, 9.17) is 0 Å². The third-order valence-corrected chi connectivity index (χ3v) is 6.40. The molecule has 0 unspecified atom stereocenters. The van der Waals surface area contributed by atoms with E-state index in [1.807, 2.05) is 0 Å². The number of rotatable bonds is 2. The SMILES string of the molecule is c1ccc2cc3c(cc2c1)c1c2ccccc2ccc1n3-c1ccc(-c2ncncn2)cc1. The number of hydrogen-bond acceptors (Lipinski definition) is 3. The van der Waals surface area contributed by atoms with Crippen molar-refractivity contribution in [1.29, 1.82) is 0 Å². The lowest BCUT2D eigenvalue weighted by Crippen LogP contribution is -1.95. The first-order valence-corrected chi connectivity index (χ1v) is 10.9. The van der Waals surface area contributed by atoms with Crippen LogP contribution in [0.1, 0.15) is 0 Å². The lowest BCUT2D eigenvalue weighted by Gasteiger charge is -2.09. The Balaban J connectivity index is 1.57. The lowest BCUT2D eigenvalue weighted by molar-refractivity contribution is 1.05. The maximum absolute atomic E-state index is 4.28. The van der Waals surface area contributed by atoms with E-state index in [0.29, 0.717) is 5.82 Å². The molecule has 4 nitrogen and oxygen atoms in total. The van der Waals surface area contributed by atoms with Gasteiger partial charge in [0.2, 0.25) is 0 Å². The minimum Gasteiger partial charge on any atom is -0.309 e. The minimum absolute atomic E-state index is 0.677. The van der Waals surface area contributed by atoms with E-state index >= 15 is 0 Å². The molecule has 0 fully saturated rings. The summed E-state index contributed by atoms with van der Waals surface area (Å²) in [6.45, 7) is 0. The van der Waals surface area contributed by atoms with E-state index in [9.17, 15) is 0 Å². The van der Waals surface area contributed by atoms with Gasteiger partial charge in [-0.2, -0.15) is 0 Å². The van der Waals surface area contributed by atoms with Crippen molar-refractivity contribution in [3.05, 3.63) is 110 Å². The summed E-state index contributed by atoms with van der Waals surface area (Å²) >= 11 is 0.